The van der Waals surface area contributed by atoms with Crippen molar-refractivity contribution in [2.24, 2.45) is 0 Å². The standard InChI is InChI=1S/C11H11ClFNO2/c1-2-16-9(15)6-4-7-3-5-8(14)11(13)10(7)12/h3-6H,2,14H2,1H3. The smallest absolute Gasteiger partial charge is 0.330 e. The number of carbonyl (C=O) groups is 1. The zero-order valence-corrected chi connectivity index (χ0v) is 9.42. The molecule has 0 aromatic heterocycles. The Morgan fingerprint density at radius 1 is 1.62 bits per heavy atom. The van der Waals surface area contributed by atoms with Crippen molar-refractivity contribution in [2.75, 3.05) is 12.3 Å². The predicted molar refractivity (Wildman–Crippen MR) is 61.5 cm³/mol. The summed E-state index contributed by atoms with van der Waals surface area (Å²) in [5.74, 6) is -1.19. The summed E-state index contributed by atoms with van der Waals surface area (Å²) in [5, 5.41) is -0.111. The molecule has 5 heteroatoms. The van der Waals surface area contributed by atoms with E-state index in [1.54, 1.807) is 6.92 Å². The first-order chi connectivity index (χ1) is 7.56. The van der Waals surface area contributed by atoms with Crippen LogP contribution < -0.4 is 5.73 Å². The quantitative estimate of drug-likeness (QED) is 0.504. The Labute approximate surface area is 97.7 Å². The highest BCUT2D eigenvalue weighted by Crippen LogP contribution is 2.25. The van der Waals surface area contributed by atoms with Crippen molar-refractivity contribution in [2.45, 2.75) is 6.92 Å². The fraction of sp³-hybridized carbons (Fsp3) is 0.182. The van der Waals surface area contributed by atoms with Gasteiger partial charge in [-0.2, -0.15) is 0 Å². The van der Waals surface area contributed by atoms with E-state index in [0.717, 1.165) is 0 Å². The first-order valence-corrected chi connectivity index (χ1v) is 5.02. The van der Waals surface area contributed by atoms with Crippen LogP contribution in [0.1, 0.15) is 12.5 Å². The minimum absolute atomic E-state index is 0.0294. The first kappa shape index (κ1) is 12.5. The highest BCUT2D eigenvalue weighted by molar-refractivity contribution is 6.32. The first-order valence-electron chi connectivity index (χ1n) is 4.64. The molecule has 86 valence electrons. The van der Waals surface area contributed by atoms with Gasteiger partial charge in [0.1, 0.15) is 0 Å². The molecule has 0 saturated carbocycles. The average Bonchev–Trinajstić information content (AvgIpc) is 2.25. The minimum Gasteiger partial charge on any atom is -0.463 e. The Morgan fingerprint density at radius 2 is 2.31 bits per heavy atom. The Hall–Kier alpha value is -1.55. The van der Waals surface area contributed by atoms with Crippen LogP contribution in [0.2, 0.25) is 5.02 Å². The van der Waals surface area contributed by atoms with Gasteiger partial charge in [-0.05, 0) is 24.6 Å². The van der Waals surface area contributed by atoms with Crippen molar-refractivity contribution >= 4 is 29.3 Å². The Morgan fingerprint density at radius 3 is 2.94 bits per heavy atom. The maximum Gasteiger partial charge on any atom is 0.330 e. The molecule has 0 bridgehead atoms. The van der Waals surface area contributed by atoms with E-state index in [1.807, 2.05) is 0 Å². The lowest BCUT2D eigenvalue weighted by atomic mass is 10.2. The van der Waals surface area contributed by atoms with Gasteiger partial charge in [-0.25, -0.2) is 9.18 Å². The van der Waals surface area contributed by atoms with E-state index < -0.39 is 11.8 Å². The number of anilines is 1. The fourth-order valence-corrected chi connectivity index (χ4v) is 1.29. The summed E-state index contributed by atoms with van der Waals surface area (Å²) in [6.07, 6.45) is 2.56. The molecule has 0 spiro atoms. The molecule has 0 heterocycles. The van der Waals surface area contributed by atoms with Crippen LogP contribution in [0.15, 0.2) is 18.2 Å². The van der Waals surface area contributed by atoms with E-state index in [2.05, 4.69) is 4.74 Å². The van der Waals surface area contributed by atoms with Crippen molar-refractivity contribution in [3.05, 3.63) is 34.6 Å². The summed E-state index contributed by atoms with van der Waals surface area (Å²) < 4.78 is 17.9. The SMILES string of the molecule is CCOC(=O)C=Cc1ccc(N)c(F)c1Cl. The number of esters is 1. The summed E-state index contributed by atoms with van der Waals surface area (Å²) in [4.78, 5) is 11.0. The number of hydrogen-bond acceptors (Lipinski definition) is 3. The van der Waals surface area contributed by atoms with E-state index in [0.29, 0.717) is 5.56 Å². The molecule has 0 amide bonds. The molecule has 0 aliphatic carbocycles. The second-order valence-electron chi connectivity index (χ2n) is 2.96. The van der Waals surface area contributed by atoms with Gasteiger partial charge in [-0.1, -0.05) is 17.7 Å². The van der Waals surface area contributed by atoms with Gasteiger partial charge >= 0.3 is 5.97 Å². The van der Waals surface area contributed by atoms with Gasteiger partial charge in [0.05, 0.1) is 17.3 Å². The zero-order valence-electron chi connectivity index (χ0n) is 8.67. The maximum absolute atomic E-state index is 13.3. The molecule has 0 unspecified atom stereocenters. The summed E-state index contributed by atoms with van der Waals surface area (Å²) in [6.45, 7) is 1.98. The van der Waals surface area contributed by atoms with E-state index in [1.165, 1.54) is 24.3 Å². The Kier molecular flexibility index (Phi) is 4.31. The molecule has 2 N–H and O–H groups in total. The van der Waals surface area contributed by atoms with Crippen molar-refractivity contribution in [1.82, 2.24) is 0 Å². The number of rotatable bonds is 3. The third-order valence-electron chi connectivity index (χ3n) is 1.83. The van der Waals surface area contributed by atoms with Crippen molar-refractivity contribution in [3.8, 4) is 0 Å². The van der Waals surface area contributed by atoms with E-state index in [4.69, 9.17) is 17.3 Å². The summed E-state index contributed by atoms with van der Waals surface area (Å²) >= 11 is 5.70. The molecule has 0 atom stereocenters. The Balaban J connectivity index is 2.90. The molecule has 0 aliphatic heterocycles. The molecule has 1 aromatic carbocycles. The normalized spacial score (nSPS) is 10.7. The van der Waals surface area contributed by atoms with Crippen LogP contribution >= 0.6 is 11.6 Å². The van der Waals surface area contributed by atoms with E-state index in [-0.39, 0.29) is 17.3 Å². The molecule has 1 rings (SSSR count). The molecular weight excluding hydrogens is 233 g/mol. The maximum atomic E-state index is 13.3. The molecular formula is C11H11ClFNO2. The lowest BCUT2D eigenvalue weighted by molar-refractivity contribution is -0.137. The average molecular weight is 244 g/mol. The lowest BCUT2D eigenvalue weighted by Crippen LogP contribution is -1.99. The zero-order chi connectivity index (χ0) is 12.1. The number of nitrogen functional groups attached to an aromatic ring is 1. The van der Waals surface area contributed by atoms with E-state index in [9.17, 15) is 9.18 Å². The molecule has 16 heavy (non-hydrogen) atoms. The van der Waals surface area contributed by atoms with Crippen LogP contribution in [-0.2, 0) is 9.53 Å². The predicted octanol–water partition coefficient (Wildman–Crippen LogP) is 2.64. The highest BCUT2D eigenvalue weighted by atomic mass is 35.5. The lowest BCUT2D eigenvalue weighted by Gasteiger charge is -2.02. The fourth-order valence-electron chi connectivity index (χ4n) is 1.06. The van der Waals surface area contributed by atoms with Crippen LogP contribution in [-0.4, -0.2) is 12.6 Å². The largest absolute Gasteiger partial charge is 0.463 e. The molecule has 1 aromatic rings. The number of benzene rings is 1. The van der Waals surface area contributed by atoms with Gasteiger partial charge in [-0.3, -0.25) is 0 Å². The van der Waals surface area contributed by atoms with Crippen molar-refractivity contribution in [3.63, 3.8) is 0 Å². The number of ether oxygens (including phenoxy) is 1. The van der Waals surface area contributed by atoms with Crippen LogP contribution in [0.3, 0.4) is 0 Å². The molecule has 3 nitrogen and oxygen atoms in total. The monoisotopic (exact) mass is 243 g/mol. The van der Waals surface area contributed by atoms with Gasteiger partial charge in [-0.15, -0.1) is 0 Å². The third-order valence-corrected chi connectivity index (χ3v) is 2.21. The van der Waals surface area contributed by atoms with Gasteiger partial charge in [0.25, 0.3) is 0 Å². The summed E-state index contributed by atoms with van der Waals surface area (Å²) in [7, 11) is 0. The second-order valence-corrected chi connectivity index (χ2v) is 3.34. The number of carbonyl (C=O) groups excluding carboxylic acids is 1. The van der Waals surface area contributed by atoms with Gasteiger partial charge in [0.15, 0.2) is 5.82 Å². The van der Waals surface area contributed by atoms with Crippen LogP contribution in [0.25, 0.3) is 6.08 Å². The third kappa shape index (κ3) is 2.97. The van der Waals surface area contributed by atoms with Crippen LogP contribution in [0.4, 0.5) is 10.1 Å². The van der Waals surface area contributed by atoms with Gasteiger partial charge in [0, 0.05) is 6.08 Å². The van der Waals surface area contributed by atoms with Crippen LogP contribution in [0, 0.1) is 5.82 Å². The van der Waals surface area contributed by atoms with Crippen molar-refractivity contribution in [1.29, 1.82) is 0 Å². The molecule has 0 aliphatic rings. The minimum atomic E-state index is -0.687. The summed E-state index contributed by atoms with van der Waals surface area (Å²) in [5.41, 5.74) is 5.66. The van der Waals surface area contributed by atoms with Gasteiger partial charge in [0.2, 0.25) is 0 Å². The van der Waals surface area contributed by atoms with Gasteiger partial charge < -0.3 is 10.5 Å². The molecule has 0 radical (unpaired) electrons. The number of nitrogens with two attached hydrogens (primary N) is 1. The van der Waals surface area contributed by atoms with E-state index >= 15 is 0 Å². The van der Waals surface area contributed by atoms with Crippen LogP contribution in [0.5, 0.6) is 0 Å². The van der Waals surface area contributed by atoms with Crippen molar-refractivity contribution < 1.29 is 13.9 Å². The molecule has 0 saturated heterocycles. The highest BCUT2D eigenvalue weighted by Gasteiger charge is 2.07. The Bertz CT molecular complexity index is 432. The topological polar surface area (TPSA) is 52.3 Å². The molecule has 0 fully saturated rings. The number of halogens is 2. The number of hydrogen-bond donors (Lipinski definition) is 1. The second kappa shape index (κ2) is 5.51. The summed E-state index contributed by atoms with van der Waals surface area (Å²) in [6, 6.07) is 2.91.